The molecule has 10 rings (SSSR count). The summed E-state index contributed by atoms with van der Waals surface area (Å²) in [6.45, 7) is 0. The van der Waals surface area contributed by atoms with Gasteiger partial charge in [-0.2, -0.15) is 4.98 Å². The summed E-state index contributed by atoms with van der Waals surface area (Å²) in [5, 5.41) is 5.44. The van der Waals surface area contributed by atoms with Gasteiger partial charge in [0.2, 0.25) is 5.95 Å². The molecule has 0 saturated heterocycles. The van der Waals surface area contributed by atoms with Gasteiger partial charge in [0, 0.05) is 44.6 Å². The van der Waals surface area contributed by atoms with Gasteiger partial charge in [-0.05, 0) is 24.3 Å². The zero-order chi connectivity index (χ0) is 31.6. The van der Waals surface area contributed by atoms with Crippen LogP contribution in [0.5, 0.6) is 0 Å². The highest BCUT2D eigenvalue weighted by molar-refractivity contribution is 6.23. The summed E-state index contributed by atoms with van der Waals surface area (Å²) in [7, 11) is 0. The minimum Gasteiger partial charge on any atom is -0.307 e. The SMILES string of the molecule is c1ccc(-c2ncc3c(-c4ccccc4)nc(-n4c5ccccc5c5ccc6c7ccccc7n(-c7ccccc7)c6c54)nc3n2)cc1. The molecular weight excluding hydrogens is 589 g/mol. The third kappa shape index (κ3) is 3.93. The lowest BCUT2D eigenvalue weighted by Gasteiger charge is -2.13. The van der Waals surface area contributed by atoms with Crippen molar-refractivity contribution in [3.05, 3.63) is 158 Å². The van der Waals surface area contributed by atoms with E-state index < -0.39 is 0 Å². The Kier molecular flexibility index (Phi) is 5.77. The van der Waals surface area contributed by atoms with Gasteiger partial charge in [-0.15, -0.1) is 0 Å². The van der Waals surface area contributed by atoms with Gasteiger partial charge in [0.15, 0.2) is 11.5 Å². The van der Waals surface area contributed by atoms with Crippen molar-refractivity contribution in [3.8, 4) is 34.3 Å². The van der Waals surface area contributed by atoms with Crippen LogP contribution in [0.3, 0.4) is 0 Å². The quantitative estimate of drug-likeness (QED) is 0.198. The molecule has 6 nitrogen and oxygen atoms in total. The molecule has 0 unspecified atom stereocenters. The third-order valence-electron chi connectivity index (χ3n) is 9.20. The van der Waals surface area contributed by atoms with Crippen LogP contribution in [0.25, 0.3) is 88.9 Å². The monoisotopic (exact) mass is 614 g/mol. The molecule has 0 aliphatic carbocycles. The number of nitrogens with zero attached hydrogens (tertiary/aromatic N) is 6. The molecule has 0 spiro atoms. The first-order valence-corrected chi connectivity index (χ1v) is 16.0. The molecule has 0 bridgehead atoms. The number of fused-ring (bicyclic) bond motifs is 8. The fraction of sp³-hybridized carbons (Fsp3) is 0. The van der Waals surface area contributed by atoms with Crippen LogP contribution in [0.4, 0.5) is 0 Å². The van der Waals surface area contributed by atoms with Gasteiger partial charge in [-0.3, -0.25) is 4.57 Å². The van der Waals surface area contributed by atoms with E-state index in [0.29, 0.717) is 17.4 Å². The van der Waals surface area contributed by atoms with Crippen molar-refractivity contribution >= 4 is 54.6 Å². The fourth-order valence-corrected chi connectivity index (χ4v) is 7.10. The zero-order valence-corrected chi connectivity index (χ0v) is 25.7. The summed E-state index contributed by atoms with van der Waals surface area (Å²) >= 11 is 0. The Balaban J connectivity index is 1.38. The first-order valence-electron chi connectivity index (χ1n) is 16.0. The van der Waals surface area contributed by atoms with Gasteiger partial charge in [-0.25, -0.2) is 15.0 Å². The number of rotatable bonds is 4. The largest absolute Gasteiger partial charge is 0.307 e. The number of para-hydroxylation sites is 3. The summed E-state index contributed by atoms with van der Waals surface area (Å²) in [5.41, 5.74) is 8.72. The van der Waals surface area contributed by atoms with Crippen molar-refractivity contribution < 1.29 is 0 Å². The summed E-state index contributed by atoms with van der Waals surface area (Å²) in [6.07, 6.45) is 1.86. The van der Waals surface area contributed by atoms with E-state index in [2.05, 4.69) is 112 Å². The molecular formula is C42H26N6. The molecule has 0 aliphatic rings. The second-order valence-corrected chi connectivity index (χ2v) is 11.9. The van der Waals surface area contributed by atoms with E-state index in [1.165, 1.54) is 10.8 Å². The average molecular weight is 615 g/mol. The molecule has 0 atom stereocenters. The lowest BCUT2D eigenvalue weighted by Crippen LogP contribution is -2.06. The molecule has 6 heteroatoms. The standard InChI is InChI=1S/C42H26N6/c1-4-14-27(15-5-1)37-34-26-43-40(28-16-6-2-7-17-28)45-41(34)46-42(44-37)48-36-23-13-11-21-31(36)33-25-24-32-30-20-10-12-22-35(30)47(38(32)39(33)48)29-18-8-3-9-19-29/h1-26H. The average Bonchev–Trinajstić information content (AvgIpc) is 3.68. The highest BCUT2D eigenvalue weighted by Gasteiger charge is 2.23. The van der Waals surface area contributed by atoms with Crippen LogP contribution in [0.1, 0.15) is 0 Å². The zero-order valence-electron chi connectivity index (χ0n) is 25.7. The van der Waals surface area contributed by atoms with E-state index in [4.69, 9.17) is 19.9 Å². The van der Waals surface area contributed by atoms with Crippen molar-refractivity contribution in [2.75, 3.05) is 0 Å². The summed E-state index contributed by atoms with van der Waals surface area (Å²) < 4.78 is 4.60. The summed E-state index contributed by atoms with van der Waals surface area (Å²) in [5.74, 6) is 1.18. The summed E-state index contributed by atoms with van der Waals surface area (Å²) in [4.78, 5) is 20.4. The predicted molar refractivity (Wildman–Crippen MR) is 195 cm³/mol. The van der Waals surface area contributed by atoms with E-state index in [9.17, 15) is 0 Å². The molecule has 0 aliphatic heterocycles. The van der Waals surface area contributed by atoms with Gasteiger partial charge in [-0.1, -0.05) is 127 Å². The van der Waals surface area contributed by atoms with Crippen LogP contribution in [0.2, 0.25) is 0 Å². The molecule has 0 saturated carbocycles. The molecule has 48 heavy (non-hydrogen) atoms. The van der Waals surface area contributed by atoms with Crippen LogP contribution in [0.15, 0.2) is 158 Å². The molecule has 0 fully saturated rings. The van der Waals surface area contributed by atoms with Gasteiger partial charge < -0.3 is 4.57 Å². The number of hydrogen-bond acceptors (Lipinski definition) is 4. The maximum atomic E-state index is 5.34. The van der Waals surface area contributed by atoms with Crippen LogP contribution in [-0.4, -0.2) is 29.1 Å². The van der Waals surface area contributed by atoms with Crippen molar-refractivity contribution in [1.29, 1.82) is 0 Å². The van der Waals surface area contributed by atoms with Crippen LogP contribution in [-0.2, 0) is 0 Å². The summed E-state index contributed by atoms with van der Waals surface area (Å²) in [6, 6.07) is 52.5. The van der Waals surface area contributed by atoms with E-state index in [-0.39, 0.29) is 0 Å². The predicted octanol–water partition coefficient (Wildman–Crippen LogP) is 9.95. The van der Waals surface area contributed by atoms with Gasteiger partial charge in [0.25, 0.3) is 0 Å². The second-order valence-electron chi connectivity index (χ2n) is 11.9. The van der Waals surface area contributed by atoms with E-state index in [0.717, 1.165) is 60.7 Å². The third-order valence-corrected chi connectivity index (χ3v) is 9.20. The Morgan fingerprint density at radius 1 is 0.396 bits per heavy atom. The van der Waals surface area contributed by atoms with Crippen molar-refractivity contribution in [2.45, 2.75) is 0 Å². The number of aromatic nitrogens is 6. The minimum absolute atomic E-state index is 0.558. The molecule has 6 aromatic carbocycles. The number of benzene rings is 6. The molecule has 0 amide bonds. The van der Waals surface area contributed by atoms with Crippen LogP contribution >= 0.6 is 0 Å². The Morgan fingerprint density at radius 2 is 0.938 bits per heavy atom. The molecule has 4 aromatic heterocycles. The molecule has 0 N–H and O–H groups in total. The van der Waals surface area contributed by atoms with E-state index in [1.807, 2.05) is 54.7 Å². The molecule has 4 heterocycles. The first kappa shape index (κ1) is 26.5. The van der Waals surface area contributed by atoms with Crippen molar-refractivity contribution in [1.82, 2.24) is 29.1 Å². The van der Waals surface area contributed by atoms with Crippen LogP contribution in [0, 0.1) is 0 Å². The molecule has 224 valence electrons. The number of hydrogen-bond donors (Lipinski definition) is 0. The lowest BCUT2D eigenvalue weighted by atomic mass is 10.1. The van der Waals surface area contributed by atoms with Crippen LogP contribution < -0.4 is 0 Å². The molecule has 0 radical (unpaired) electrons. The van der Waals surface area contributed by atoms with Crippen molar-refractivity contribution in [2.24, 2.45) is 0 Å². The first-order chi connectivity index (χ1) is 23.8. The second kappa shape index (κ2) is 10.4. The van der Waals surface area contributed by atoms with Crippen molar-refractivity contribution in [3.63, 3.8) is 0 Å². The Labute approximate surface area is 275 Å². The topological polar surface area (TPSA) is 61.4 Å². The van der Waals surface area contributed by atoms with Gasteiger partial charge in [0.1, 0.15) is 0 Å². The maximum Gasteiger partial charge on any atom is 0.237 e. The highest BCUT2D eigenvalue weighted by Crippen LogP contribution is 2.41. The highest BCUT2D eigenvalue weighted by atomic mass is 15.2. The lowest BCUT2D eigenvalue weighted by molar-refractivity contribution is 1.000. The maximum absolute atomic E-state index is 5.34. The Hall–Kier alpha value is -6.66. The normalized spacial score (nSPS) is 11.8. The van der Waals surface area contributed by atoms with E-state index in [1.54, 1.807) is 0 Å². The van der Waals surface area contributed by atoms with Gasteiger partial charge >= 0.3 is 0 Å². The van der Waals surface area contributed by atoms with Gasteiger partial charge in [0.05, 0.1) is 33.1 Å². The fourth-order valence-electron chi connectivity index (χ4n) is 7.10. The Bertz CT molecular complexity index is 2820. The smallest absolute Gasteiger partial charge is 0.237 e. The molecule has 10 aromatic rings. The minimum atomic E-state index is 0.558. The Morgan fingerprint density at radius 3 is 1.60 bits per heavy atom. The van der Waals surface area contributed by atoms with E-state index >= 15 is 0 Å².